The van der Waals surface area contributed by atoms with Crippen LogP contribution in [0.15, 0.2) is 0 Å². The first kappa shape index (κ1) is 7.41. The molecule has 11 heavy (non-hydrogen) atoms. The van der Waals surface area contributed by atoms with E-state index in [4.69, 9.17) is 11.6 Å². The van der Waals surface area contributed by atoms with Gasteiger partial charge in [-0.2, -0.15) is 0 Å². The molecule has 0 aliphatic heterocycles. The maximum Gasteiger partial charge on any atom is 0.223 e. The van der Waals surface area contributed by atoms with Crippen LogP contribution in [0.25, 0.3) is 0 Å². The van der Waals surface area contributed by atoms with Crippen LogP contribution in [0.4, 0.5) is 0 Å². The van der Waals surface area contributed by atoms with Gasteiger partial charge in [0.2, 0.25) is 5.91 Å². The summed E-state index contributed by atoms with van der Waals surface area (Å²) < 4.78 is 0. The third-order valence-electron chi connectivity index (χ3n) is 2.45. The molecule has 0 unspecified atom stereocenters. The lowest BCUT2D eigenvalue weighted by molar-refractivity contribution is -0.123. The van der Waals surface area contributed by atoms with Gasteiger partial charge in [0.15, 0.2) is 0 Å². The van der Waals surface area contributed by atoms with Crippen LogP contribution in [0.5, 0.6) is 0 Å². The molecule has 2 fully saturated rings. The SMILES string of the molecule is O=C(NC1(CCl)CC1)C1CC1. The van der Waals surface area contributed by atoms with Crippen molar-refractivity contribution in [1.29, 1.82) is 0 Å². The van der Waals surface area contributed by atoms with Crippen molar-refractivity contribution in [2.75, 3.05) is 5.88 Å². The maximum absolute atomic E-state index is 11.3. The average Bonchev–Trinajstić information content (AvgIpc) is 2.85. The van der Waals surface area contributed by atoms with E-state index in [0.717, 1.165) is 25.7 Å². The molecule has 2 saturated carbocycles. The van der Waals surface area contributed by atoms with E-state index in [9.17, 15) is 4.79 Å². The number of amides is 1. The minimum atomic E-state index is 0.00122. The molecule has 0 aromatic heterocycles. The molecule has 3 heteroatoms. The zero-order valence-electron chi connectivity index (χ0n) is 6.40. The number of rotatable bonds is 3. The highest BCUT2D eigenvalue weighted by atomic mass is 35.5. The fraction of sp³-hybridized carbons (Fsp3) is 0.875. The largest absolute Gasteiger partial charge is 0.349 e. The Labute approximate surface area is 71.3 Å². The molecule has 0 atom stereocenters. The van der Waals surface area contributed by atoms with E-state index in [1.807, 2.05) is 0 Å². The topological polar surface area (TPSA) is 29.1 Å². The number of alkyl halides is 1. The third-order valence-corrected chi connectivity index (χ3v) is 2.96. The van der Waals surface area contributed by atoms with Crippen LogP contribution in [0.3, 0.4) is 0 Å². The van der Waals surface area contributed by atoms with Gasteiger partial charge in [-0.25, -0.2) is 0 Å². The fourth-order valence-corrected chi connectivity index (χ4v) is 1.49. The van der Waals surface area contributed by atoms with E-state index in [1.54, 1.807) is 0 Å². The number of carbonyl (C=O) groups excluding carboxylic acids is 1. The van der Waals surface area contributed by atoms with Gasteiger partial charge in [0, 0.05) is 11.8 Å². The Kier molecular flexibility index (Phi) is 1.60. The molecule has 2 aliphatic carbocycles. The van der Waals surface area contributed by atoms with Crippen LogP contribution in [-0.4, -0.2) is 17.3 Å². The van der Waals surface area contributed by atoms with Crippen molar-refractivity contribution >= 4 is 17.5 Å². The van der Waals surface area contributed by atoms with Crippen LogP contribution in [-0.2, 0) is 4.79 Å². The molecule has 62 valence electrons. The summed E-state index contributed by atoms with van der Waals surface area (Å²) in [7, 11) is 0. The molecule has 1 N–H and O–H groups in total. The first-order valence-electron chi connectivity index (χ1n) is 4.14. The van der Waals surface area contributed by atoms with Gasteiger partial charge in [0.1, 0.15) is 0 Å². The quantitative estimate of drug-likeness (QED) is 0.641. The molecule has 1 amide bonds. The van der Waals surface area contributed by atoms with Crippen molar-refractivity contribution in [3.8, 4) is 0 Å². The number of halogens is 1. The molecule has 0 aromatic rings. The molecule has 2 nitrogen and oxygen atoms in total. The Balaban J connectivity index is 1.84. The Morgan fingerprint density at radius 1 is 1.55 bits per heavy atom. The lowest BCUT2D eigenvalue weighted by Crippen LogP contribution is -2.39. The second kappa shape index (κ2) is 2.37. The van der Waals surface area contributed by atoms with E-state index in [0.29, 0.717) is 11.8 Å². The number of nitrogens with one attached hydrogen (secondary N) is 1. The monoisotopic (exact) mass is 173 g/mol. The summed E-state index contributed by atoms with van der Waals surface area (Å²) in [6, 6.07) is 0. The molecule has 0 aromatic carbocycles. The van der Waals surface area contributed by atoms with Gasteiger partial charge >= 0.3 is 0 Å². The second-order valence-corrected chi connectivity index (χ2v) is 3.94. The first-order valence-corrected chi connectivity index (χ1v) is 4.67. The van der Waals surface area contributed by atoms with Crippen LogP contribution < -0.4 is 5.32 Å². The fourth-order valence-electron chi connectivity index (χ4n) is 1.15. The van der Waals surface area contributed by atoms with Crippen LogP contribution >= 0.6 is 11.6 Å². The Morgan fingerprint density at radius 2 is 2.18 bits per heavy atom. The van der Waals surface area contributed by atoms with Crippen molar-refractivity contribution < 1.29 is 4.79 Å². The van der Waals surface area contributed by atoms with Crippen molar-refractivity contribution in [2.24, 2.45) is 5.92 Å². The number of hydrogen-bond donors (Lipinski definition) is 1. The van der Waals surface area contributed by atoms with Crippen molar-refractivity contribution in [2.45, 2.75) is 31.2 Å². The van der Waals surface area contributed by atoms with Crippen molar-refractivity contribution in [3.05, 3.63) is 0 Å². The standard InChI is InChI=1S/C8H12ClNO/c9-5-8(3-4-8)10-7(11)6-1-2-6/h6H,1-5H2,(H,10,11). The minimum absolute atomic E-state index is 0.00122. The molecule has 0 heterocycles. The molecule has 2 rings (SSSR count). The van der Waals surface area contributed by atoms with Crippen molar-refractivity contribution in [1.82, 2.24) is 5.32 Å². The second-order valence-electron chi connectivity index (χ2n) is 3.68. The van der Waals surface area contributed by atoms with E-state index in [-0.39, 0.29) is 11.4 Å². The van der Waals surface area contributed by atoms with Gasteiger partial charge in [0.05, 0.1) is 5.54 Å². The predicted molar refractivity (Wildman–Crippen MR) is 43.6 cm³/mol. The summed E-state index contributed by atoms with van der Waals surface area (Å²) in [6.07, 6.45) is 4.28. The molecule has 2 aliphatic rings. The highest BCUT2D eigenvalue weighted by Gasteiger charge is 2.45. The lowest BCUT2D eigenvalue weighted by atomic mass is 10.3. The summed E-state index contributed by atoms with van der Waals surface area (Å²) in [5, 5.41) is 3.01. The van der Waals surface area contributed by atoms with E-state index >= 15 is 0 Å². The summed E-state index contributed by atoms with van der Waals surface area (Å²) in [5.41, 5.74) is 0.00122. The Bertz CT molecular complexity index is 185. The highest BCUT2D eigenvalue weighted by molar-refractivity contribution is 6.19. The summed E-state index contributed by atoms with van der Waals surface area (Å²) in [4.78, 5) is 11.3. The molecular weight excluding hydrogens is 162 g/mol. The van der Waals surface area contributed by atoms with Gasteiger partial charge in [-0.1, -0.05) is 0 Å². The molecule has 0 radical (unpaired) electrons. The number of carbonyl (C=O) groups is 1. The minimum Gasteiger partial charge on any atom is -0.349 e. The number of hydrogen-bond acceptors (Lipinski definition) is 1. The van der Waals surface area contributed by atoms with Gasteiger partial charge in [-0.3, -0.25) is 4.79 Å². The van der Waals surface area contributed by atoms with E-state index in [1.165, 1.54) is 0 Å². The first-order chi connectivity index (χ1) is 5.26. The smallest absolute Gasteiger partial charge is 0.223 e. The van der Waals surface area contributed by atoms with Crippen LogP contribution in [0.1, 0.15) is 25.7 Å². The summed E-state index contributed by atoms with van der Waals surface area (Å²) in [6.45, 7) is 0. The maximum atomic E-state index is 11.3. The van der Waals surface area contributed by atoms with Crippen molar-refractivity contribution in [3.63, 3.8) is 0 Å². The Morgan fingerprint density at radius 3 is 2.55 bits per heavy atom. The molecule has 0 bridgehead atoms. The third kappa shape index (κ3) is 1.51. The predicted octanol–water partition coefficient (Wildman–Crippen LogP) is 1.28. The lowest BCUT2D eigenvalue weighted by Gasteiger charge is -2.12. The Hall–Kier alpha value is -0.240. The van der Waals surface area contributed by atoms with E-state index < -0.39 is 0 Å². The van der Waals surface area contributed by atoms with Crippen LogP contribution in [0.2, 0.25) is 0 Å². The normalized spacial score (nSPS) is 26.3. The average molecular weight is 174 g/mol. The van der Waals surface area contributed by atoms with Gasteiger partial charge < -0.3 is 5.32 Å². The van der Waals surface area contributed by atoms with Gasteiger partial charge in [0.25, 0.3) is 0 Å². The van der Waals surface area contributed by atoms with Crippen LogP contribution in [0, 0.1) is 5.92 Å². The zero-order chi connectivity index (χ0) is 7.90. The highest BCUT2D eigenvalue weighted by Crippen LogP contribution is 2.38. The molecule has 0 saturated heterocycles. The van der Waals surface area contributed by atoms with Gasteiger partial charge in [-0.15, -0.1) is 11.6 Å². The van der Waals surface area contributed by atoms with E-state index in [2.05, 4.69) is 5.32 Å². The van der Waals surface area contributed by atoms with Gasteiger partial charge in [-0.05, 0) is 25.7 Å². The summed E-state index contributed by atoms with van der Waals surface area (Å²) >= 11 is 5.71. The summed E-state index contributed by atoms with van der Waals surface area (Å²) in [5.74, 6) is 1.12. The molecular formula is C8H12ClNO. The zero-order valence-corrected chi connectivity index (χ0v) is 7.16. The molecule has 0 spiro atoms.